The number of carboxylic acids is 1. The smallest absolute Gasteiger partial charge is 0.319 e. The fourth-order valence-corrected chi connectivity index (χ4v) is 5.39. The Kier molecular flexibility index (Phi) is 11.7. The number of urea groups is 1. The van der Waals surface area contributed by atoms with Crippen molar-refractivity contribution in [3.8, 4) is 5.75 Å². The number of para-hydroxylation sites is 3. The molecule has 244 valence electrons. The van der Waals surface area contributed by atoms with E-state index in [1.165, 1.54) is 18.0 Å². The molecule has 1 unspecified atom stereocenters. The average Bonchev–Trinajstić information content (AvgIpc) is 3.05. The maximum Gasteiger partial charge on any atom is 0.319 e. The topological polar surface area (TPSA) is 128 Å². The van der Waals surface area contributed by atoms with Gasteiger partial charge in [0.25, 0.3) is 5.91 Å². The number of carboxylic acid groups (broad SMARTS) is 1. The summed E-state index contributed by atoms with van der Waals surface area (Å²) in [6, 6.07) is 15.8. The number of carbonyl (C=O) groups excluding carboxylic acids is 3. The lowest BCUT2D eigenvalue weighted by molar-refractivity contribution is -0.138. The van der Waals surface area contributed by atoms with Gasteiger partial charge in [0.15, 0.2) is 6.61 Å². The van der Waals surface area contributed by atoms with Gasteiger partial charge in [0, 0.05) is 19.3 Å². The van der Waals surface area contributed by atoms with Crippen molar-refractivity contribution in [3.63, 3.8) is 0 Å². The molecule has 0 saturated heterocycles. The highest BCUT2D eigenvalue weighted by Crippen LogP contribution is 2.32. The Bertz CT molecular complexity index is 1540. The lowest BCUT2D eigenvalue weighted by Gasteiger charge is -2.31. The molecule has 1 aliphatic rings. The molecule has 0 radical (unpaired) electrons. The zero-order valence-electron chi connectivity index (χ0n) is 25.8. The van der Waals surface area contributed by atoms with E-state index in [1.54, 1.807) is 55.5 Å². The second-order valence-corrected chi connectivity index (χ2v) is 11.3. The standard InChI is InChI=1S/C34H38F2N4O6/c1-22(33(43)44)24-12-8-13-25(18-24)38-34(45)37-19-30(41)40(20-23-10-4-3-5-11-23)28-16-6-7-17-29(28)46-21-31(42)39(2)32-26(35)14-9-15-27(32)36/h6-9,12-18,22-23H,3-5,10-11,19-21H2,1-2H3,(H,43,44)(H2,37,38,45). The van der Waals surface area contributed by atoms with Gasteiger partial charge >= 0.3 is 12.0 Å². The van der Waals surface area contributed by atoms with Crippen molar-refractivity contribution in [2.24, 2.45) is 5.92 Å². The van der Waals surface area contributed by atoms with E-state index >= 15 is 0 Å². The average molecular weight is 637 g/mol. The number of amides is 4. The van der Waals surface area contributed by atoms with E-state index in [1.807, 2.05) is 0 Å². The third kappa shape index (κ3) is 8.80. The molecule has 1 fully saturated rings. The Balaban J connectivity index is 1.47. The van der Waals surface area contributed by atoms with Crippen LogP contribution in [0.3, 0.4) is 0 Å². The van der Waals surface area contributed by atoms with Gasteiger partial charge in [-0.3, -0.25) is 14.4 Å². The first-order valence-corrected chi connectivity index (χ1v) is 15.2. The Hall–Kier alpha value is -5.00. The Morgan fingerprint density at radius 3 is 2.30 bits per heavy atom. The van der Waals surface area contributed by atoms with Gasteiger partial charge in [-0.15, -0.1) is 0 Å². The molecule has 0 heterocycles. The highest BCUT2D eigenvalue weighted by Gasteiger charge is 2.26. The lowest BCUT2D eigenvalue weighted by Crippen LogP contribution is -2.44. The third-order valence-corrected chi connectivity index (χ3v) is 8.04. The zero-order chi connectivity index (χ0) is 33.2. The van der Waals surface area contributed by atoms with Crippen LogP contribution < -0.4 is 25.2 Å². The monoisotopic (exact) mass is 636 g/mol. The molecule has 4 amide bonds. The molecule has 12 heteroatoms. The minimum Gasteiger partial charge on any atom is -0.482 e. The van der Waals surface area contributed by atoms with E-state index in [0.29, 0.717) is 23.5 Å². The fourth-order valence-electron chi connectivity index (χ4n) is 5.39. The van der Waals surface area contributed by atoms with Gasteiger partial charge in [-0.25, -0.2) is 13.6 Å². The van der Waals surface area contributed by atoms with E-state index in [-0.39, 0.29) is 18.2 Å². The molecule has 4 rings (SSSR count). The van der Waals surface area contributed by atoms with Crippen molar-refractivity contribution >= 4 is 40.9 Å². The summed E-state index contributed by atoms with van der Waals surface area (Å²) in [7, 11) is 1.25. The van der Waals surface area contributed by atoms with Gasteiger partial charge in [-0.2, -0.15) is 0 Å². The van der Waals surface area contributed by atoms with Crippen LogP contribution in [0, 0.1) is 17.6 Å². The first-order valence-electron chi connectivity index (χ1n) is 15.2. The van der Waals surface area contributed by atoms with Crippen LogP contribution in [0.5, 0.6) is 5.75 Å². The maximum atomic E-state index is 14.3. The van der Waals surface area contributed by atoms with Crippen LogP contribution in [0.15, 0.2) is 66.7 Å². The molecule has 0 aliphatic heterocycles. The van der Waals surface area contributed by atoms with Crippen LogP contribution in [0.1, 0.15) is 50.5 Å². The number of nitrogens with zero attached hydrogens (tertiary/aromatic N) is 2. The molecule has 3 aromatic carbocycles. The van der Waals surface area contributed by atoms with Crippen molar-refractivity contribution in [1.29, 1.82) is 0 Å². The van der Waals surface area contributed by atoms with Gasteiger partial charge in [-0.1, -0.05) is 49.6 Å². The van der Waals surface area contributed by atoms with Crippen LogP contribution in [0.25, 0.3) is 0 Å². The number of benzene rings is 3. The Labute approximate surface area is 266 Å². The molecular weight excluding hydrogens is 598 g/mol. The molecule has 0 aromatic heterocycles. The molecule has 3 aromatic rings. The molecule has 1 saturated carbocycles. The summed E-state index contributed by atoms with van der Waals surface area (Å²) in [4.78, 5) is 53.0. The summed E-state index contributed by atoms with van der Waals surface area (Å²) in [6.45, 7) is 1.00. The number of carbonyl (C=O) groups is 4. The van der Waals surface area contributed by atoms with Crippen LogP contribution in [-0.4, -0.2) is 55.7 Å². The van der Waals surface area contributed by atoms with Crippen LogP contribution >= 0.6 is 0 Å². The summed E-state index contributed by atoms with van der Waals surface area (Å²) >= 11 is 0. The second kappa shape index (κ2) is 15.8. The van der Waals surface area contributed by atoms with E-state index in [9.17, 15) is 33.1 Å². The van der Waals surface area contributed by atoms with Crippen molar-refractivity contribution in [3.05, 3.63) is 83.9 Å². The molecule has 10 nitrogen and oxygen atoms in total. The van der Waals surface area contributed by atoms with Crippen LogP contribution in [0.2, 0.25) is 0 Å². The maximum absolute atomic E-state index is 14.3. The summed E-state index contributed by atoms with van der Waals surface area (Å²) in [5.74, 6) is -4.22. The van der Waals surface area contributed by atoms with Crippen molar-refractivity contribution in [1.82, 2.24) is 5.32 Å². The number of anilines is 3. The minimum absolute atomic E-state index is 0.218. The minimum atomic E-state index is -0.995. The van der Waals surface area contributed by atoms with Gasteiger partial charge in [0.05, 0.1) is 18.2 Å². The summed E-state index contributed by atoms with van der Waals surface area (Å²) in [5.41, 5.74) is 0.785. The Morgan fingerprint density at radius 1 is 0.935 bits per heavy atom. The highest BCUT2D eigenvalue weighted by atomic mass is 19.1. The summed E-state index contributed by atoms with van der Waals surface area (Å²) in [6.07, 6.45) is 5.07. The predicted molar refractivity (Wildman–Crippen MR) is 170 cm³/mol. The van der Waals surface area contributed by atoms with E-state index in [2.05, 4.69) is 10.6 Å². The number of nitrogens with one attached hydrogen (secondary N) is 2. The molecule has 0 spiro atoms. The number of ether oxygens (including phenoxy) is 1. The van der Waals surface area contributed by atoms with Gasteiger partial charge < -0.3 is 30.3 Å². The zero-order valence-corrected chi connectivity index (χ0v) is 25.8. The van der Waals surface area contributed by atoms with E-state index < -0.39 is 53.7 Å². The SMILES string of the molecule is CC(C(=O)O)c1cccc(NC(=O)NCC(=O)N(CC2CCCCC2)c2ccccc2OCC(=O)N(C)c2c(F)cccc2F)c1. The number of likely N-dealkylation sites (N-methyl/N-ethyl adjacent to an activating group) is 1. The van der Waals surface area contributed by atoms with E-state index in [0.717, 1.165) is 49.1 Å². The van der Waals surface area contributed by atoms with Gasteiger partial charge in [-0.05, 0) is 67.6 Å². The second-order valence-electron chi connectivity index (χ2n) is 11.3. The Morgan fingerprint density at radius 2 is 1.61 bits per heavy atom. The fraction of sp³-hybridized carbons (Fsp3) is 0.353. The summed E-state index contributed by atoms with van der Waals surface area (Å²) in [5, 5.41) is 14.5. The first-order chi connectivity index (χ1) is 22.0. The van der Waals surface area contributed by atoms with Crippen molar-refractivity contribution < 1.29 is 37.8 Å². The van der Waals surface area contributed by atoms with Crippen LogP contribution in [0.4, 0.5) is 30.6 Å². The molecule has 46 heavy (non-hydrogen) atoms. The van der Waals surface area contributed by atoms with Crippen LogP contribution in [-0.2, 0) is 14.4 Å². The molecular formula is C34H38F2N4O6. The highest BCUT2D eigenvalue weighted by molar-refractivity contribution is 6.00. The molecule has 1 aliphatic carbocycles. The number of halogens is 2. The largest absolute Gasteiger partial charge is 0.482 e. The number of aliphatic carboxylic acids is 1. The van der Waals surface area contributed by atoms with Crippen molar-refractivity contribution in [2.45, 2.75) is 44.9 Å². The quantitative estimate of drug-likeness (QED) is 0.226. The first kappa shape index (κ1) is 33.9. The van der Waals surface area contributed by atoms with Gasteiger partial charge in [0.2, 0.25) is 5.91 Å². The lowest BCUT2D eigenvalue weighted by atomic mass is 9.89. The molecule has 0 bridgehead atoms. The third-order valence-electron chi connectivity index (χ3n) is 8.04. The summed E-state index contributed by atoms with van der Waals surface area (Å²) < 4.78 is 34.3. The number of hydrogen-bond acceptors (Lipinski definition) is 5. The molecule has 1 atom stereocenters. The number of rotatable bonds is 12. The predicted octanol–water partition coefficient (Wildman–Crippen LogP) is 5.93. The van der Waals surface area contributed by atoms with Gasteiger partial charge in [0.1, 0.15) is 23.1 Å². The number of hydrogen-bond donors (Lipinski definition) is 3. The van der Waals surface area contributed by atoms with Crippen molar-refractivity contribution in [2.75, 3.05) is 41.9 Å². The normalized spacial score (nSPS) is 13.7. The molecule has 3 N–H and O–H groups in total. The van der Waals surface area contributed by atoms with E-state index in [4.69, 9.17) is 4.74 Å².